The molecule has 0 fully saturated rings. The van der Waals surface area contributed by atoms with Crippen LogP contribution in [0.15, 0.2) is 40.8 Å². The summed E-state index contributed by atoms with van der Waals surface area (Å²) in [5.41, 5.74) is 1.11. The maximum absolute atomic E-state index is 6.16. The summed E-state index contributed by atoms with van der Waals surface area (Å²) in [5.74, 6) is 1.99. The standard InChI is InChI=1S/C15H18ClNO/c1-3-12-8-9-13(18-12)10-17-11(2)14-6-4-5-7-15(14)16/h4-9,11,17H,3,10H2,1-2H3. The molecule has 2 rings (SSSR count). The third kappa shape index (κ3) is 3.15. The van der Waals surface area contributed by atoms with Crippen molar-refractivity contribution in [2.45, 2.75) is 32.9 Å². The number of halogens is 1. The Balaban J connectivity index is 1.96. The average Bonchev–Trinajstić information content (AvgIpc) is 2.84. The van der Waals surface area contributed by atoms with Gasteiger partial charge in [-0.2, -0.15) is 0 Å². The third-order valence-corrected chi connectivity index (χ3v) is 3.36. The molecule has 1 aromatic heterocycles. The van der Waals surface area contributed by atoms with Crippen LogP contribution in [0.5, 0.6) is 0 Å². The molecule has 0 saturated carbocycles. The van der Waals surface area contributed by atoms with Crippen molar-refractivity contribution in [2.24, 2.45) is 0 Å². The lowest BCUT2D eigenvalue weighted by Gasteiger charge is -2.14. The molecule has 96 valence electrons. The van der Waals surface area contributed by atoms with Crippen LogP contribution in [0, 0.1) is 0 Å². The van der Waals surface area contributed by atoms with Crippen molar-refractivity contribution in [3.05, 3.63) is 58.5 Å². The Morgan fingerprint density at radius 2 is 1.89 bits per heavy atom. The fourth-order valence-electron chi connectivity index (χ4n) is 1.90. The van der Waals surface area contributed by atoms with Crippen molar-refractivity contribution in [2.75, 3.05) is 0 Å². The fourth-order valence-corrected chi connectivity index (χ4v) is 2.20. The molecular weight excluding hydrogens is 246 g/mol. The Morgan fingerprint density at radius 3 is 2.56 bits per heavy atom. The molecule has 2 nitrogen and oxygen atoms in total. The molecule has 1 heterocycles. The molecule has 1 N–H and O–H groups in total. The number of furan rings is 1. The zero-order valence-electron chi connectivity index (χ0n) is 10.7. The summed E-state index contributed by atoms with van der Waals surface area (Å²) in [7, 11) is 0. The average molecular weight is 264 g/mol. The zero-order chi connectivity index (χ0) is 13.0. The van der Waals surface area contributed by atoms with Crippen LogP contribution >= 0.6 is 11.6 Å². The number of hydrogen-bond donors (Lipinski definition) is 1. The van der Waals surface area contributed by atoms with E-state index in [9.17, 15) is 0 Å². The third-order valence-electron chi connectivity index (χ3n) is 3.02. The predicted molar refractivity (Wildman–Crippen MR) is 74.8 cm³/mol. The van der Waals surface area contributed by atoms with Gasteiger partial charge in [0.2, 0.25) is 0 Å². The highest BCUT2D eigenvalue weighted by Crippen LogP contribution is 2.22. The number of rotatable bonds is 5. The zero-order valence-corrected chi connectivity index (χ0v) is 11.5. The lowest BCUT2D eigenvalue weighted by molar-refractivity contribution is 0.435. The van der Waals surface area contributed by atoms with Gasteiger partial charge in [-0.3, -0.25) is 0 Å². The van der Waals surface area contributed by atoms with E-state index in [0.717, 1.165) is 28.5 Å². The van der Waals surface area contributed by atoms with Crippen LogP contribution in [0.3, 0.4) is 0 Å². The van der Waals surface area contributed by atoms with E-state index < -0.39 is 0 Å². The van der Waals surface area contributed by atoms with E-state index in [0.29, 0.717) is 6.54 Å². The number of hydrogen-bond acceptors (Lipinski definition) is 2. The normalized spacial score (nSPS) is 12.6. The number of nitrogens with one attached hydrogen (secondary N) is 1. The van der Waals surface area contributed by atoms with Gasteiger partial charge in [-0.15, -0.1) is 0 Å². The highest BCUT2D eigenvalue weighted by Gasteiger charge is 2.09. The van der Waals surface area contributed by atoms with Crippen molar-refractivity contribution < 1.29 is 4.42 Å². The second-order valence-corrected chi connectivity index (χ2v) is 4.75. The van der Waals surface area contributed by atoms with Gasteiger partial charge in [0, 0.05) is 17.5 Å². The first kappa shape index (κ1) is 13.2. The molecule has 1 aromatic carbocycles. The molecule has 0 saturated heterocycles. The van der Waals surface area contributed by atoms with E-state index in [2.05, 4.69) is 19.2 Å². The minimum Gasteiger partial charge on any atom is -0.465 e. The molecule has 0 aliphatic rings. The number of aryl methyl sites for hydroxylation is 1. The number of benzene rings is 1. The summed E-state index contributed by atoms with van der Waals surface area (Å²) in [6.07, 6.45) is 0.931. The summed E-state index contributed by atoms with van der Waals surface area (Å²) in [6.45, 7) is 4.90. The van der Waals surface area contributed by atoms with Gasteiger partial charge in [0.25, 0.3) is 0 Å². The topological polar surface area (TPSA) is 25.2 Å². The van der Waals surface area contributed by atoms with Crippen LogP contribution in [-0.4, -0.2) is 0 Å². The van der Waals surface area contributed by atoms with Gasteiger partial charge in [0.05, 0.1) is 6.54 Å². The monoisotopic (exact) mass is 263 g/mol. The Kier molecular flexibility index (Phi) is 4.45. The lowest BCUT2D eigenvalue weighted by Crippen LogP contribution is -2.18. The molecular formula is C15H18ClNO. The Morgan fingerprint density at radius 1 is 1.17 bits per heavy atom. The van der Waals surface area contributed by atoms with Gasteiger partial charge in [-0.25, -0.2) is 0 Å². The SMILES string of the molecule is CCc1ccc(CNC(C)c2ccccc2Cl)o1. The Labute approximate surface area is 113 Å². The molecule has 0 aliphatic carbocycles. The van der Waals surface area contributed by atoms with E-state index in [4.69, 9.17) is 16.0 Å². The molecule has 1 unspecified atom stereocenters. The predicted octanol–water partition coefficient (Wildman–Crippen LogP) is 4.35. The van der Waals surface area contributed by atoms with E-state index in [1.165, 1.54) is 0 Å². The van der Waals surface area contributed by atoms with E-state index in [1.54, 1.807) is 0 Å². The van der Waals surface area contributed by atoms with Crippen molar-refractivity contribution in [1.29, 1.82) is 0 Å². The Hall–Kier alpha value is -1.25. The minimum absolute atomic E-state index is 0.203. The first-order valence-electron chi connectivity index (χ1n) is 6.26. The summed E-state index contributed by atoms with van der Waals surface area (Å²) in [5, 5.41) is 4.21. The maximum Gasteiger partial charge on any atom is 0.117 e. The van der Waals surface area contributed by atoms with Crippen LogP contribution in [0.1, 0.15) is 37.0 Å². The minimum atomic E-state index is 0.203. The highest BCUT2D eigenvalue weighted by atomic mass is 35.5. The molecule has 3 heteroatoms. The quantitative estimate of drug-likeness (QED) is 0.868. The van der Waals surface area contributed by atoms with Crippen molar-refractivity contribution in [3.8, 4) is 0 Å². The molecule has 0 radical (unpaired) electrons. The van der Waals surface area contributed by atoms with Crippen molar-refractivity contribution >= 4 is 11.6 Å². The van der Waals surface area contributed by atoms with Gasteiger partial charge < -0.3 is 9.73 Å². The van der Waals surface area contributed by atoms with Gasteiger partial charge in [-0.05, 0) is 30.7 Å². The van der Waals surface area contributed by atoms with Crippen LogP contribution in [0.4, 0.5) is 0 Å². The highest BCUT2D eigenvalue weighted by molar-refractivity contribution is 6.31. The molecule has 2 aromatic rings. The Bertz CT molecular complexity index is 507. The molecule has 0 bridgehead atoms. The molecule has 18 heavy (non-hydrogen) atoms. The summed E-state index contributed by atoms with van der Waals surface area (Å²) in [4.78, 5) is 0. The first-order valence-corrected chi connectivity index (χ1v) is 6.64. The second-order valence-electron chi connectivity index (χ2n) is 4.35. The van der Waals surface area contributed by atoms with Crippen molar-refractivity contribution in [1.82, 2.24) is 5.32 Å². The smallest absolute Gasteiger partial charge is 0.117 e. The van der Waals surface area contributed by atoms with E-state index in [-0.39, 0.29) is 6.04 Å². The van der Waals surface area contributed by atoms with Gasteiger partial charge >= 0.3 is 0 Å². The van der Waals surface area contributed by atoms with Crippen LogP contribution in [0.2, 0.25) is 5.02 Å². The van der Waals surface area contributed by atoms with Gasteiger partial charge in [-0.1, -0.05) is 36.7 Å². The van der Waals surface area contributed by atoms with E-state index in [1.807, 2.05) is 36.4 Å². The summed E-state index contributed by atoms with van der Waals surface area (Å²) in [6, 6.07) is 12.1. The van der Waals surface area contributed by atoms with Crippen molar-refractivity contribution in [3.63, 3.8) is 0 Å². The van der Waals surface area contributed by atoms with Gasteiger partial charge in [0.15, 0.2) is 0 Å². The largest absolute Gasteiger partial charge is 0.465 e. The molecule has 0 amide bonds. The van der Waals surface area contributed by atoms with Crippen LogP contribution in [-0.2, 0) is 13.0 Å². The fraction of sp³-hybridized carbons (Fsp3) is 0.333. The molecule has 1 atom stereocenters. The second kappa shape index (κ2) is 6.07. The van der Waals surface area contributed by atoms with Crippen LogP contribution < -0.4 is 5.32 Å². The van der Waals surface area contributed by atoms with Crippen LogP contribution in [0.25, 0.3) is 0 Å². The maximum atomic E-state index is 6.16. The first-order chi connectivity index (χ1) is 8.70. The van der Waals surface area contributed by atoms with Gasteiger partial charge in [0.1, 0.15) is 11.5 Å². The summed E-state index contributed by atoms with van der Waals surface area (Å²) >= 11 is 6.16. The molecule has 0 spiro atoms. The summed E-state index contributed by atoms with van der Waals surface area (Å²) < 4.78 is 5.65. The lowest BCUT2D eigenvalue weighted by atomic mass is 10.1. The van der Waals surface area contributed by atoms with E-state index >= 15 is 0 Å². The molecule has 0 aliphatic heterocycles.